The highest BCUT2D eigenvalue weighted by atomic mass is 35.5. The minimum absolute atomic E-state index is 0.0632. The van der Waals surface area contributed by atoms with Gasteiger partial charge in [0.15, 0.2) is 11.5 Å². The number of hydrogen-bond acceptors (Lipinski definition) is 4. The molecule has 0 fully saturated rings. The number of hydrogen-bond donors (Lipinski definition) is 2. The molecule has 6 nitrogen and oxygen atoms in total. The lowest BCUT2D eigenvalue weighted by atomic mass is 10.2. The number of aromatic nitrogens is 3. The molecule has 0 aliphatic carbocycles. The number of nitrogens with two attached hydrogens (primary N) is 1. The summed E-state index contributed by atoms with van der Waals surface area (Å²) in [4.78, 5) is 12.4. The molecule has 0 aliphatic heterocycles. The highest BCUT2D eigenvalue weighted by Crippen LogP contribution is 2.24. The first kappa shape index (κ1) is 15.1. The van der Waals surface area contributed by atoms with Crippen molar-refractivity contribution in [2.45, 2.75) is 6.92 Å². The van der Waals surface area contributed by atoms with Gasteiger partial charge >= 0.3 is 0 Å². The van der Waals surface area contributed by atoms with E-state index in [1.54, 1.807) is 18.2 Å². The van der Waals surface area contributed by atoms with Crippen LogP contribution in [0.5, 0.6) is 0 Å². The lowest BCUT2D eigenvalue weighted by Gasteiger charge is -2.08. The Hall–Kier alpha value is -2.86. The molecule has 23 heavy (non-hydrogen) atoms. The van der Waals surface area contributed by atoms with Gasteiger partial charge in [-0.15, -0.1) is 5.10 Å². The van der Waals surface area contributed by atoms with Crippen LogP contribution in [-0.4, -0.2) is 20.9 Å². The van der Waals surface area contributed by atoms with Crippen molar-refractivity contribution in [3.8, 4) is 5.69 Å². The summed E-state index contributed by atoms with van der Waals surface area (Å²) in [6.07, 6.45) is 0. The van der Waals surface area contributed by atoms with Gasteiger partial charge in [0, 0.05) is 10.7 Å². The molecule has 1 aromatic heterocycles. The Morgan fingerprint density at radius 2 is 1.91 bits per heavy atom. The second-order valence-corrected chi connectivity index (χ2v) is 5.34. The number of nitrogen functional groups attached to an aromatic ring is 1. The van der Waals surface area contributed by atoms with Gasteiger partial charge in [0.2, 0.25) is 0 Å². The van der Waals surface area contributed by atoms with E-state index in [9.17, 15) is 4.79 Å². The SMILES string of the molecule is Cc1c(Cl)cccc1NC(=O)c1nnn(-c2ccccc2)c1N. The van der Waals surface area contributed by atoms with Gasteiger partial charge in [-0.25, -0.2) is 0 Å². The zero-order valence-corrected chi connectivity index (χ0v) is 13.1. The van der Waals surface area contributed by atoms with Crippen LogP contribution in [0.3, 0.4) is 0 Å². The van der Waals surface area contributed by atoms with Gasteiger partial charge in [-0.1, -0.05) is 41.1 Å². The number of nitrogens with one attached hydrogen (secondary N) is 1. The first-order valence-corrected chi connectivity index (χ1v) is 7.29. The molecule has 3 aromatic rings. The number of carbonyl (C=O) groups is 1. The van der Waals surface area contributed by atoms with Crippen LogP contribution >= 0.6 is 11.6 Å². The zero-order valence-electron chi connectivity index (χ0n) is 12.3. The van der Waals surface area contributed by atoms with Crippen molar-refractivity contribution in [1.82, 2.24) is 15.0 Å². The Kier molecular flexibility index (Phi) is 3.99. The molecule has 0 saturated heterocycles. The number of anilines is 2. The largest absolute Gasteiger partial charge is 0.382 e. The van der Waals surface area contributed by atoms with E-state index >= 15 is 0 Å². The van der Waals surface area contributed by atoms with Crippen LogP contribution in [-0.2, 0) is 0 Å². The van der Waals surface area contributed by atoms with Gasteiger partial charge in [-0.2, -0.15) is 4.68 Å². The molecule has 2 aromatic carbocycles. The fraction of sp³-hybridized carbons (Fsp3) is 0.0625. The predicted molar refractivity (Wildman–Crippen MR) is 89.9 cm³/mol. The fourth-order valence-electron chi connectivity index (χ4n) is 2.14. The number of benzene rings is 2. The Balaban J connectivity index is 1.89. The van der Waals surface area contributed by atoms with E-state index < -0.39 is 5.91 Å². The number of rotatable bonds is 3. The lowest BCUT2D eigenvalue weighted by Crippen LogP contribution is -2.15. The monoisotopic (exact) mass is 327 g/mol. The molecule has 3 rings (SSSR count). The van der Waals surface area contributed by atoms with Gasteiger partial charge < -0.3 is 11.1 Å². The van der Waals surface area contributed by atoms with Crippen molar-refractivity contribution in [2.75, 3.05) is 11.1 Å². The number of nitrogens with zero attached hydrogens (tertiary/aromatic N) is 3. The van der Waals surface area contributed by atoms with E-state index in [-0.39, 0.29) is 11.5 Å². The minimum atomic E-state index is -0.435. The van der Waals surface area contributed by atoms with Crippen molar-refractivity contribution in [1.29, 1.82) is 0 Å². The van der Waals surface area contributed by atoms with E-state index in [0.29, 0.717) is 10.7 Å². The number of halogens is 1. The number of amides is 1. The standard InChI is InChI=1S/C16H14ClN5O/c1-10-12(17)8-5-9-13(10)19-16(23)14-15(18)22(21-20-14)11-6-3-2-4-7-11/h2-9H,18H2,1H3,(H,19,23). The second kappa shape index (κ2) is 6.10. The third-order valence-electron chi connectivity index (χ3n) is 3.44. The van der Waals surface area contributed by atoms with Crippen LogP contribution in [0.25, 0.3) is 5.69 Å². The maximum absolute atomic E-state index is 12.4. The van der Waals surface area contributed by atoms with Crippen molar-refractivity contribution < 1.29 is 4.79 Å². The number of para-hydroxylation sites is 1. The molecular weight excluding hydrogens is 314 g/mol. The van der Waals surface area contributed by atoms with Crippen LogP contribution in [0.2, 0.25) is 5.02 Å². The summed E-state index contributed by atoms with van der Waals surface area (Å²) in [5.74, 6) is -0.261. The van der Waals surface area contributed by atoms with Crippen molar-refractivity contribution >= 4 is 29.0 Å². The van der Waals surface area contributed by atoms with E-state index in [0.717, 1.165) is 11.3 Å². The van der Waals surface area contributed by atoms with E-state index in [2.05, 4.69) is 15.6 Å². The summed E-state index contributed by atoms with van der Waals surface area (Å²) in [7, 11) is 0. The van der Waals surface area contributed by atoms with Crippen molar-refractivity contribution in [3.05, 3.63) is 64.8 Å². The van der Waals surface area contributed by atoms with Crippen molar-refractivity contribution in [3.63, 3.8) is 0 Å². The predicted octanol–water partition coefficient (Wildman–Crippen LogP) is 3.06. The van der Waals surface area contributed by atoms with Gasteiger partial charge in [0.1, 0.15) is 0 Å². The smallest absolute Gasteiger partial charge is 0.280 e. The van der Waals surface area contributed by atoms with E-state index in [4.69, 9.17) is 17.3 Å². The Labute approximate surface area is 137 Å². The lowest BCUT2D eigenvalue weighted by molar-refractivity contribution is 0.102. The Morgan fingerprint density at radius 1 is 1.17 bits per heavy atom. The van der Waals surface area contributed by atoms with Crippen LogP contribution in [0, 0.1) is 6.92 Å². The van der Waals surface area contributed by atoms with Crippen molar-refractivity contribution in [2.24, 2.45) is 0 Å². The maximum atomic E-state index is 12.4. The Morgan fingerprint density at radius 3 is 2.65 bits per heavy atom. The van der Waals surface area contributed by atoms with E-state index in [1.165, 1.54) is 4.68 Å². The molecule has 0 bridgehead atoms. The molecule has 1 heterocycles. The summed E-state index contributed by atoms with van der Waals surface area (Å²) in [5, 5.41) is 11.2. The van der Waals surface area contributed by atoms with E-state index in [1.807, 2.05) is 37.3 Å². The molecule has 0 saturated carbocycles. The Bertz CT molecular complexity index is 860. The third-order valence-corrected chi connectivity index (χ3v) is 3.85. The first-order chi connectivity index (χ1) is 11.1. The fourth-order valence-corrected chi connectivity index (χ4v) is 2.31. The molecule has 0 radical (unpaired) electrons. The summed E-state index contributed by atoms with van der Waals surface area (Å²) < 4.78 is 1.42. The van der Waals surface area contributed by atoms with Crippen LogP contribution in [0.4, 0.5) is 11.5 Å². The summed E-state index contributed by atoms with van der Waals surface area (Å²) in [6.45, 7) is 1.82. The summed E-state index contributed by atoms with van der Waals surface area (Å²) >= 11 is 6.05. The minimum Gasteiger partial charge on any atom is -0.382 e. The highest BCUT2D eigenvalue weighted by molar-refractivity contribution is 6.31. The normalized spacial score (nSPS) is 10.5. The topological polar surface area (TPSA) is 85.8 Å². The molecule has 0 aliphatic rings. The molecule has 1 amide bonds. The van der Waals surface area contributed by atoms with Crippen LogP contribution in [0.15, 0.2) is 48.5 Å². The second-order valence-electron chi connectivity index (χ2n) is 4.94. The van der Waals surface area contributed by atoms with Gasteiger partial charge in [-0.05, 0) is 36.8 Å². The molecule has 116 valence electrons. The summed E-state index contributed by atoms with van der Waals surface area (Å²) in [5.41, 5.74) is 8.19. The molecule has 7 heteroatoms. The zero-order chi connectivity index (χ0) is 16.4. The first-order valence-electron chi connectivity index (χ1n) is 6.91. The maximum Gasteiger partial charge on any atom is 0.280 e. The van der Waals surface area contributed by atoms with Gasteiger partial charge in [-0.3, -0.25) is 4.79 Å². The van der Waals surface area contributed by atoms with Gasteiger partial charge in [0.25, 0.3) is 5.91 Å². The molecular formula is C16H14ClN5O. The number of carbonyl (C=O) groups excluding carboxylic acids is 1. The van der Waals surface area contributed by atoms with Crippen LogP contribution in [0.1, 0.15) is 16.1 Å². The van der Waals surface area contributed by atoms with Gasteiger partial charge in [0.05, 0.1) is 5.69 Å². The molecule has 3 N–H and O–H groups in total. The molecule has 0 atom stereocenters. The summed E-state index contributed by atoms with van der Waals surface area (Å²) in [6, 6.07) is 14.5. The third kappa shape index (κ3) is 2.89. The average molecular weight is 328 g/mol. The molecule has 0 spiro atoms. The highest BCUT2D eigenvalue weighted by Gasteiger charge is 2.19. The average Bonchev–Trinajstić information content (AvgIpc) is 2.94. The van der Waals surface area contributed by atoms with Crippen LogP contribution < -0.4 is 11.1 Å². The quantitative estimate of drug-likeness (QED) is 0.774. The molecule has 0 unspecified atom stereocenters.